The van der Waals surface area contributed by atoms with Crippen LogP contribution in [0.3, 0.4) is 0 Å². The number of carboxylic acid groups (broad SMARTS) is 1. The van der Waals surface area contributed by atoms with Crippen LogP contribution in [0.4, 0.5) is 0 Å². The van der Waals surface area contributed by atoms with Crippen molar-refractivity contribution in [3.05, 3.63) is 29.6 Å². The summed E-state index contributed by atoms with van der Waals surface area (Å²) in [5.74, 6) is 0.444. The first kappa shape index (κ1) is 13.0. The number of benzene rings is 1. The summed E-state index contributed by atoms with van der Waals surface area (Å²) in [7, 11) is 1.56. The molecule has 19 heavy (non-hydrogen) atoms. The minimum Gasteiger partial charge on any atom is -0.494 e. The van der Waals surface area contributed by atoms with Gasteiger partial charge in [-0.15, -0.1) is 5.10 Å². The summed E-state index contributed by atoms with van der Waals surface area (Å²) in [5.41, 5.74) is 1.60. The van der Waals surface area contributed by atoms with Crippen LogP contribution in [0.1, 0.15) is 17.8 Å². The predicted molar refractivity (Wildman–Crippen MR) is 66.4 cm³/mol. The van der Waals surface area contributed by atoms with Gasteiger partial charge in [-0.1, -0.05) is 6.07 Å². The second kappa shape index (κ2) is 5.47. The van der Waals surface area contributed by atoms with Crippen molar-refractivity contribution < 1.29 is 14.6 Å². The van der Waals surface area contributed by atoms with Gasteiger partial charge >= 0.3 is 5.97 Å². The number of methoxy groups -OCH3 is 1. The molecule has 0 fully saturated rings. The summed E-state index contributed by atoms with van der Waals surface area (Å²) in [5, 5.41) is 20.0. The Labute approximate surface area is 109 Å². The van der Waals surface area contributed by atoms with Gasteiger partial charge in [-0.25, -0.2) is 0 Å². The standard InChI is InChI=1S/C12H14N4O3/c1-8-13-14-15-16(8)10-7-9(4-6-12(17)18)3-5-11(10)19-2/h3,5,7H,4,6H2,1-2H3,(H,17,18). The van der Waals surface area contributed by atoms with E-state index in [9.17, 15) is 4.79 Å². The molecule has 2 aromatic rings. The summed E-state index contributed by atoms with van der Waals surface area (Å²) in [6.07, 6.45) is 0.536. The van der Waals surface area contributed by atoms with E-state index in [1.807, 2.05) is 12.1 Å². The Hall–Kier alpha value is -2.44. The lowest BCUT2D eigenvalue weighted by molar-refractivity contribution is -0.136. The van der Waals surface area contributed by atoms with Crippen LogP contribution >= 0.6 is 0 Å². The predicted octanol–water partition coefficient (Wildman–Crippen LogP) is 0.997. The smallest absolute Gasteiger partial charge is 0.303 e. The van der Waals surface area contributed by atoms with Crippen molar-refractivity contribution in [3.63, 3.8) is 0 Å². The van der Waals surface area contributed by atoms with Gasteiger partial charge in [0.15, 0.2) is 5.82 Å². The molecule has 2 rings (SSSR count). The zero-order valence-corrected chi connectivity index (χ0v) is 10.7. The quantitative estimate of drug-likeness (QED) is 0.864. The van der Waals surface area contributed by atoms with Crippen LogP contribution in [0.5, 0.6) is 5.75 Å². The fraction of sp³-hybridized carbons (Fsp3) is 0.333. The van der Waals surface area contributed by atoms with E-state index in [0.717, 1.165) is 5.56 Å². The van der Waals surface area contributed by atoms with E-state index in [1.165, 1.54) is 0 Å². The molecule has 1 aromatic heterocycles. The minimum atomic E-state index is -0.823. The summed E-state index contributed by atoms with van der Waals surface area (Å²) < 4.78 is 6.83. The van der Waals surface area contributed by atoms with Crippen LogP contribution in [0.15, 0.2) is 18.2 Å². The van der Waals surface area contributed by atoms with Gasteiger partial charge in [0.25, 0.3) is 0 Å². The van der Waals surface area contributed by atoms with Crippen molar-refractivity contribution in [2.75, 3.05) is 7.11 Å². The van der Waals surface area contributed by atoms with Crippen molar-refractivity contribution in [1.82, 2.24) is 20.2 Å². The zero-order chi connectivity index (χ0) is 13.8. The number of aliphatic carboxylic acids is 1. The molecule has 0 aliphatic carbocycles. The largest absolute Gasteiger partial charge is 0.494 e. The molecule has 0 saturated heterocycles. The molecule has 0 aliphatic rings. The highest BCUT2D eigenvalue weighted by atomic mass is 16.5. The number of tetrazole rings is 1. The maximum atomic E-state index is 10.6. The number of ether oxygens (including phenoxy) is 1. The molecule has 0 aliphatic heterocycles. The Morgan fingerprint density at radius 3 is 2.84 bits per heavy atom. The molecule has 0 spiro atoms. The fourth-order valence-corrected chi connectivity index (χ4v) is 1.76. The highest BCUT2D eigenvalue weighted by molar-refractivity contribution is 5.67. The average Bonchev–Trinajstić information content (AvgIpc) is 2.82. The van der Waals surface area contributed by atoms with E-state index < -0.39 is 5.97 Å². The van der Waals surface area contributed by atoms with Gasteiger partial charge < -0.3 is 9.84 Å². The third-order valence-corrected chi connectivity index (χ3v) is 2.72. The van der Waals surface area contributed by atoms with Gasteiger partial charge in [-0.3, -0.25) is 4.79 Å². The summed E-state index contributed by atoms with van der Waals surface area (Å²) >= 11 is 0. The van der Waals surface area contributed by atoms with Crippen molar-refractivity contribution >= 4 is 5.97 Å². The highest BCUT2D eigenvalue weighted by Gasteiger charge is 2.11. The van der Waals surface area contributed by atoms with Crippen LogP contribution in [0.25, 0.3) is 5.69 Å². The van der Waals surface area contributed by atoms with Crippen LogP contribution < -0.4 is 4.74 Å². The van der Waals surface area contributed by atoms with Gasteiger partial charge in [0.05, 0.1) is 7.11 Å². The number of hydrogen-bond acceptors (Lipinski definition) is 5. The normalized spacial score (nSPS) is 10.4. The van der Waals surface area contributed by atoms with Gasteiger partial charge in [-0.05, 0) is 41.5 Å². The van der Waals surface area contributed by atoms with E-state index in [2.05, 4.69) is 15.5 Å². The van der Waals surface area contributed by atoms with Crippen LogP contribution in [0, 0.1) is 6.92 Å². The Morgan fingerprint density at radius 1 is 1.47 bits per heavy atom. The number of nitrogens with zero attached hydrogens (tertiary/aromatic N) is 4. The molecular weight excluding hydrogens is 248 g/mol. The van der Waals surface area contributed by atoms with E-state index in [0.29, 0.717) is 23.7 Å². The third-order valence-electron chi connectivity index (χ3n) is 2.72. The molecule has 1 aromatic carbocycles. The molecule has 1 heterocycles. The third kappa shape index (κ3) is 2.87. The molecule has 100 valence electrons. The number of aryl methyl sites for hydroxylation is 2. The lowest BCUT2D eigenvalue weighted by atomic mass is 10.1. The summed E-state index contributed by atoms with van der Waals surface area (Å²) in [6.45, 7) is 1.78. The van der Waals surface area contributed by atoms with Crippen molar-refractivity contribution in [3.8, 4) is 11.4 Å². The summed E-state index contributed by atoms with van der Waals surface area (Å²) in [6, 6.07) is 5.46. The minimum absolute atomic E-state index is 0.0837. The Balaban J connectivity index is 2.37. The van der Waals surface area contributed by atoms with Crippen LogP contribution in [-0.2, 0) is 11.2 Å². The first-order valence-electron chi connectivity index (χ1n) is 5.76. The van der Waals surface area contributed by atoms with Crippen LogP contribution in [0.2, 0.25) is 0 Å². The lowest BCUT2D eigenvalue weighted by Crippen LogP contribution is -2.04. The molecule has 0 amide bonds. The molecule has 0 atom stereocenters. The van der Waals surface area contributed by atoms with E-state index in [4.69, 9.17) is 9.84 Å². The lowest BCUT2D eigenvalue weighted by Gasteiger charge is -2.10. The van der Waals surface area contributed by atoms with E-state index in [-0.39, 0.29) is 6.42 Å². The highest BCUT2D eigenvalue weighted by Crippen LogP contribution is 2.24. The molecule has 0 bridgehead atoms. The topological polar surface area (TPSA) is 90.1 Å². The molecular formula is C12H14N4O3. The number of carbonyl (C=O) groups is 1. The maximum Gasteiger partial charge on any atom is 0.303 e. The molecule has 1 N–H and O–H groups in total. The second-order valence-corrected chi connectivity index (χ2v) is 4.04. The van der Waals surface area contributed by atoms with Crippen LogP contribution in [-0.4, -0.2) is 38.4 Å². The van der Waals surface area contributed by atoms with Gasteiger partial charge in [0.2, 0.25) is 0 Å². The van der Waals surface area contributed by atoms with Gasteiger partial charge in [-0.2, -0.15) is 4.68 Å². The molecule has 7 nitrogen and oxygen atoms in total. The average molecular weight is 262 g/mol. The van der Waals surface area contributed by atoms with Crippen molar-refractivity contribution in [1.29, 1.82) is 0 Å². The number of carboxylic acids is 1. The second-order valence-electron chi connectivity index (χ2n) is 4.04. The van der Waals surface area contributed by atoms with E-state index >= 15 is 0 Å². The van der Waals surface area contributed by atoms with Gasteiger partial charge in [0.1, 0.15) is 11.4 Å². The monoisotopic (exact) mass is 262 g/mol. The fourth-order valence-electron chi connectivity index (χ4n) is 1.76. The SMILES string of the molecule is COc1ccc(CCC(=O)O)cc1-n1nnnc1C. The Bertz CT molecular complexity index is 594. The molecule has 0 saturated carbocycles. The Kier molecular flexibility index (Phi) is 3.74. The first-order valence-corrected chi connectivity index (χ1v) is 5.76. The zero-order valence-electron chi connectivity index (χ0n) is 10.7. The van der Waals surface area contributed by atoms with Gasteiger partial charge in [0, 0.05) is 6.42 Å². The Morgan fingerprint density at radius 2 is 2.26 bits per heavy atom. The molecule has 0 radical (unpaired) electrons. The van der Waals surface area contributed by atoms with E-state index in [1.54, 1.807) is 24.8 Å². The molecule has 7 heteroatoms. The number of aromatic nitrogens is 4. The number of rotatable bonds is 5. The first-order chi connectivity index (χ1) is 9.11. The van der Waals surface area contributed by atoms with Crippen molar-refractivity contribution in [2.45, 2.75) is 19.8 Å². The molecule has 0 unspecified atom stereocenters. The summed E-state index contributed by atoms with van der Waals surface area (Å²) in [4.78, 5) is 10.6. The number of hydrogen-bond donors (Lipinski definition) is 1. The van der Waals surface area contributed by atoms with Crippen molar-refractivity contribution in [2.24, 2.45) is 0 Å². The maximum absolute atomic E-state index is 10.6.